The number of hydrogen-bond donors (Lipinski definition) is 3. The Kier molecular flexibility index (Phi) is 13.8. The SMILES string of the molecule is CCCBO[C@H]1C[C@H]2OC[C@@]2(OC(C)=O)[C@H]2[C@H](OC(=O)c3ccccc3)[C@]3(O)CC(OC(=O)[C@H](O)[C@@H](NC(=O)c4ccccc4)c4ccccc4)C(C)=C([C@@H](OC(C)=O)C(=O)[C@]12C)C3(C)C. The molecule has 3 fully saturated rings. The Morgan fingerprint density at radius 1 is 0.864 bits per heavy atom. The maximum absolute atomic E-state index is 16.0. The lowest BCUT2D eigenvalue weighted by Gasteiger charge is -2.68. The van der Waals surface area contributed by atoms with Crippen molar-refractivity contribution in [2.45, 2.75) is 128 Å². The van der Waals surface area contributed by atoms with Gasteiger partial charge in [-0.05, 0) is 54.8 Å². The summed E-state index contributed by atoms with van der Waals surface area (Å²) >= 11 is 0. The number of aliphatic hydroxyl groups is 2. The number of carbonyl (C=O) groups is 6. The fourth-order valence-corrected chi connectivity index (χ4v) is 10.8. The molecule has 11 atom stereocenters. The maximum atomic E-state index is 16.0. The third-order valence-corrected chi connectivity index (χ3v) is 14.3. The number of aliphatic hydroxyl groups excluding tert-OH is 1. The van der Waals surface area contributed by atoms with Crippen LogP contribution in [-0.2, 0) is 47.5 Å². The number of carbonyl (C=O) groups excluding carboxylic acids is 6. The van der Waals surface area contributed by atoms with Gasteiger partial charge in [-0.25, -0.2) is 9.59 Å². The number of esters is 4. The van der Waals surface area contributed by atoms with Crippen LogP contribution in [0.4, 0.5) is 0 Å². The number of nitrogens with one attached hydrogen (secondary N) is 1. The highest BCUT2D eigenvalue weighted by molar-refractivity contribution is 6.27. The van der Waals surface area contributed by atoms with Crippen molar-refractivity contribution in [3.05, 3.63) is 119 Å². The van der Waals surface area contributed by atoms with Crippen molar-refractivity contribution in [3.8, 4) is 0 Å². The third-order valence-electron chi connectivity index (χ3n) is 14.3. The van der Waals surface area contributed by atoms with E-state index < -0.39 is 113 Å². The number of ether oxygens (including phenoxy) is 5. The molecule has 350 valence electrons. The van der Waals surface area contributed by atoms with Crippen LogP contribution in [0.5, 0.6) is 0 Å². The van der Waals surface area contributed by atoms with Gasteiger partial charge in [0.2, 0.25) is 0 Å². The predicted molar refractivity (Wildman–Crippen MR) is 239 cm³/mol. The van der Waals surface area contributed by atoms with Gasteiger partial charge in [0, 0.05) is 37.7 Å². The largest absolute Gasteiger partial charge is 0.456 e. The van der Waals surface area contributed by atoms with Gasteiger partial charge in [-0.1, -0.05) is 100 Å². The summed E-state index contributed by atoms with van der Waals surface area (Å²) in [5, 5.41) is 28.6. The monoisotopic (exact) mass is 907 g/mol. The first-order valence-electron chi connectivity index (χ1n) is 22.4. The van der Waals surface area contributed by atoms with Crippen LogP contribution in [0.3, 0.4) is 0 Å². The van der Waals surface area contributed by atoms with Gasteiger partial charge in [0.05, 0.1) is 35.6 Å². The summed E-state index contributed by atoms with van der Waals surface area (Å²) in [4.78, 5) is 84.9. The molecule has 3 aliphatic carbocycles. The Balaban J connectivity index is 1.41. The van der Waals surface area contributed by atoms with Crippen LogP contribution in [0.15, 0.2) is 102 Å². The van der Waals surface area contributed by atoms with Crippen molar-refractivity contribution >= 4 is 43.0 Å². The fourth-order valence-electron chi connectivity index (χ4n) is 10.8. The molecule has 2 bridgehead atoms. The molecule has 2 saturated carbocycles. The molecule has 66 heavy (non-hydrogen) atoms. The van der Waals surface area contributed by atoms with Crippen LogP contribution >= 0.6 is 0 Å². The molecule has 3 aromatic carbocycles. The molecule has 0 aromatic heterocycles. The highest BCUT2D eigenvalue weighted by atomic mass is 16.6. The molecule has 1 amide bonds. The number of Topliss-reactive ketones (excluding diaryl/α,β-unsaturated/α-hetero) is 1. The second-order valence-electron chi connectivity index (χ2n) is 18.6. The number of hydrogen-bond acceptors (Lipinski definition) is 14. The molecule has 1 unspecified atom stereocenters. The quantitative estimate of drug-likeness (QED) is 0.0644. The van der Waals surface area contributed by atoms with E-state index in [1.807, 2.05) is 6.92 Å². The van der Waals surface area contributed by atoms with E-state index in [2.05, 4.69) is 5.32 Å². The molecule has 1 heterocycles. The van der Waals surface area contributed by atoms with Crippen LogP contribution in [0.1, 0.15) is 100 Å². The molecule has 1 saturated heterocycles. The maximum Gasteiger partial charge on any atom is 0.338 e. The molecule has 4 aliphatic rings. The first-order valence-corrected chi connectivity index (χ1v) is 22.4. The van der Waals surface area contributed by atoms with Crippen LogP contribution in [0.25, 0.3) is 0 Å². The highest BCUT2D eigenvalue weighted by Gasteiger charge is 2.78. The van der Waals surface area contributed by atoms with E-state index in [0.29, 0.717) is 11.9 Å². The van der Waals surface area contributed by atoms with Crippen molar-refractivity contribution in [3.63, 3.8) is 0 Å². The summed E-state index contributed by atoms with van der Waals surface area (Å²) in [6.07, 6.45) is -7.91. The van der Waals surface area contributed by atoms with Crippen molar-refractivity contribution in [1.82, 2.24) is 5.32 Å². The molecule has 0 radical (unpaired) electrons. The first kappa shape index (κ1) is 48.3. The molecule has 15 nitrogen and oxygen atoms in total. The van der Waals surface area contributed by atoms with Gasteiger partial charge in [-0.3, -0.25) is 19.2 Å². The number of amides is 1. The zero-order chi connectivity index (χ0) is 47.8. The van der Waals surface area contributed by atoms with Crippen LogP contribution in [0, 0.1) is 16.7 Å². The Labute approximate surface area is 384 Å². The highest BCUT2D eigenvalue weighted by Crippen LogP contribution is 2.65. The molecular formula is C50H58BNO14. The van der Waals surface area contributed by atoms with Crippen molar-refractivity contribution in [2.75, 3.05) is 6.61 Å². The van der Waals surface area contributed by atoms with Gasteiger partial charge >= 0.3 is 23.9 Å². The minimum Gasteiger partial charge on any atom is -0.456 e. The van der Waals surface area contributed by atoms with Crippen molar-refractivity contribution in [2.24, 2.45) is 16.7 Å². The van der Waals surface area contributed by atoms with Gasteiger partial charge in [0.15, 0.2) is 23.6 Å². The average Bonchev–Trinajstić information content (AvgIpc) is 3.28. The summed E-state index contributed by atoms with van der Waals surface area (Å²) < 4.78 is 37.7. The van der Waals surface area contributed by atoms with Crippen molar-refractivity contribution < 1.29 is 67.3 Å². The van der Waals surface area contributed by atoms with Gasteiger partial charge in [0.25, 0.3) is 13.4 Å². The summed E-state index contributed by atoms with van der Waals surface area (Å²) in [5.74, 6) is -6.34. The lowest BCUT2D eigenvalue weighted by atomic mass is 9.44. The topological polar surface area (TPSA) is 210 Å². The second kappa shape index (κ2) is 18.9. The molecule has 16 heteroatoms. The zero-order valence-corrected chi connectivity index (χ0v) is 38.3. The Morgan fingerprint density at radius 3 is 2.03 bits per heavy atom. The summed E-state index contributed by atoms with van der Waals surface area (Å²) in [7, 11) is 0.213. The smallest absolute Gasteiger partial charge is 0.338 e. The summed E-state index contributed by atoms with van der Waals surface area (Å²) in [5.41, 5.74) is -6.43. The van der Waals surface area contributed by atoms with E-state index in [0.717, 1.165) is 13.3 Å². The fraction of sp³-hybridized carbons (Fsp3) is 0.480. The number of benzene rings is 3. The molecule has 0 spiro atoms. The Hall–Kier alpha value is -5.68. The van der Waals surface area contributed by atoms with Gasteiger partial charge in [0.1, 0.15) is 23.9 Å². The Morgan fingerprint density at radius 2 is 1.47 bits per heavy atom. The minimum atomic E-state index is -2.34. The third kappa shape index (κ3) is 8.48. The predicted octanol–water partition coefficient (Wildman–Crippen LogP) is 4.94. The van der Waals surface area contributed by atoms with Gasteiger partial charge in [-0.2, -0.15) is 0 Å². The van der Waals surface area contributed by atoms with E-state index in [9.17, 15) is 34.2 Å². The van der Waals surface area contributed by atoms with E-state index in [4.69, 9.17) is 28.3 Å². The van der Waals surface area contributed by atoms with Gasteiger partial charge < -0.3 is 43.9 Å². The van der Waals surface area contributed by atoms with Crippen LogP contribution in [-0.4, -0.2) is 108 Å². The molecule has 1 aliphatic heterocycles. The zero-order valence-electron chi connectivity index (χ0n) is 38.3. The van der Waals surface area contributed by atoms with E-state index in [-0.39, 0.29) is 42.8 Å². The number of fused-ring (bicyclic) bond motifs is 5. The molecule has 3 N–H and O–H groups in total. The van der Waals surface area contributed by atoms with Crippen LogP contribution < -0.4 is 5.32 Å². The van der Waals surface area contributed by atoms with E-state index in [1.165, 1.54) is 19.1 Å². The number of rotatable bonds is 14. The molecule has 7 rings (SSSR count). The molecular weight excluding hydrogens is 849 g/mol. The lowest BCUT2D eigenvalue weighted by Crippen LogP contribution is -2.82. The van der Waals surface area contributed by atoms with E-state index >= 15 is 4.79 Å². The first-order chi connectivity index (χ1) is 31.3. The van der Waals surface area contributed by atoms with Gasteiger partial charge in [-0.15, -0.1) is 0 Å². The Bertz CT molecular complexity index is 2360. The lowest BCUT2D eigenvalue weighted by molar-refractivity contribution is -0.344. The summed E-state index contributed by atoms with van der Waals surface area (Å²) in [6, 6.07) is 23.3. The standard InChI is InChI=1S/C50H58BNO14/c1-8-24-51-66-35-25-36-49(27-61-36,65-30(4)54)41-43(64-45(58)33-22-16-11-17-23-33)50(60)26-34(28(2)37(47(50,5)6)40(62-29(3)53)42(56)48(35,41)7)63-46(59)39(55)38(31-18-12-9-13-19-31)52-44(57)32-20-14-10-15-21-32/h9-23,34-36,38-41,43,51,55,60H,8,24-27H2,1-7H3,(H,52,57)/t34?,35-,36+,38-,39+,40+,41-,43-,48+,49-,50+/m0/s1. The normalized spacial score (nSPS) is 30.6. The van der Waals surface area contributed by atoms with Crippen molar-refractivity contribution in [1.29, 1.82) is 0 Å². The molecule has 3 aromatic rings. The minimum absolute atomic E-state index is 0.0588. The second-order valence-corrected chi connectivity index (χ2v) is 18.6. The van der Waals surface area contributed by atoms with Crippen LogP contribution in [0.2, 0.25) is 6.32 Å². The van der Waals surface area contributed by atoms with E-state index in [1.54, 1.807) is 107 Å². The average molecular weight is 908 g/mol. The summed E-state index contributed by atoms with van der Waals surface area (Å²) in [6.45, 7) is 10.5. The number of ketones is 1.